The smallest absolute Gasteiger partial charge is 0.247 e. The van der Waals surface area contributed by atoms with E-state index in [1.54, 1.807) is 25.1 Å². The van der Waals surface area contributed by atoms with Crippen LogP contribution >= 0.6 is 23.2 Å². The van der Waals surface area contributed by atoms with E-state index in [2.05, 4.69) is 17.5 Å². The van der Waals surface area contributed by atoms with Crippen LogP contribution in [-0.4, -0.2) is 28.7 Å². The molecule has 5 nitrogen and oxygen atoms in total. The van der Waals surface area contributed by atoms with Gasteiger partial charge in [-0.15, -0.1) is 0 Å². The number of benzene rings is 1. The standard InChI is InChI=1S/C20H18Cl2N2O3/c1-8(18(25)23-9-2-5-14(21)15(22)6-9)24-19(26)16-10-3-4-11(13-7-12(10)13)17(16)20(24)27/h2-6,8,10-13,16-17H,7H2,1H3,(H,23,25)/t8-,10-,11-,12-,13-,16+,17+/m1/s1. The third-order valence-electron chi connectivity index (χ3n) is 6.65. The fraction of sp³-hybridized carbons (Fsp3) is 0.450. The van der Waals surface area contributed by atoms with Gasteiger partial charge in [0.1, 0.15) is 6.04 Å². The van der Waals surface area contributed by atoms with Crippen LogP contribution in [-0.2, 0) is 14.4 Å². The lowest BCUT2D eigenvalue weighted by Crippen LogP contribution is -2.46. The van der Waals surface area contributed by atoms with E-state index in [0.29, 0.717) is 27.6 Å². The number of hydrogen-bond acceptors (Lipinski definition) is 3. The quantitative estimate of drug-likeness (QED) is 0.620. The summed E-state index contributed by atoms with van der Waals surface area (Å²) in [6.45, 7) is 1.59. The van der Waals surface area contributed by atoms with Crippen molar-refractivity contribution < 1.29 is 14.4 Å². The molecule has 0 radical (unpaired) electrons. The Morgan fingerprint density at radius 3 is 2.22 bits per heavy atom. The molecule has 3 fully saturated rings. The van der Waals surface area contributed by atoms with Crippen LogP contribution in [0.5, 0.6) is 0 Å². The molecule has 1 N–H and O–H groups in total. The zero-order valence-electron chi connectivity index (χ0n) is 14.6. The van der Waals surface area contributed by atoms with Gasteiger partial charge in [0.25, 0.3) is 0 Å². The Balaban J connectivity index is 1.37. The summed E-state index contributed by atoms with van der Waals surface area (Å²) in [6.07, 6.45) is 5.35. The van der Waals surface area contributed by atoms with E-state index in [4.69, 9.17) is 23.2 Å². The second-order valence-corrected chi connectivity index (χ2v) is 8.81. The number of carbonyl (C=O) groups excluding carboxylic acids is 3. The molecule has 7 atom stereocenters. The van der Waals surface area contributed by atoms with Crippen molar-refractivity contribution >= 4 is 46.6 Å². The summed E-state index contributed by atoms with van der Waals surface area (Å²) in [7, 11) is 0. The minimum atomic E-state index is -0.874. The van der Waals surface area contributed by atoms with Crippen LogP contribution < -0.4 is 5.32 Å². The van der Waals surface area contributed by atoms with Crippen LogP contribution in [0.2, 0.25) is 10.0 Å². The number of allylic oxidation sites excluding steroid dienone is 2. The van der Waals surface area contributed by atoms with Gasteiger partial charge in [0.15, 0.2) is 0 Å². The van der Waals surface area contributed by atoms with Crippen molar-refractivity contribution in [2.24, 2.45) is 35.5 Å². The average molecular weight is 405 g/mol. The van der Waals surface area contributed by atoms with E-state index in [1.165, 1.54) is 4.90 Å². The van der Waals surface area contributed by atoms with Crippen LogP contribution in [0.15, 0.2) is 30.4 Å². The monoisotopic (exact) mass is 404 g/mol. The zero-order valence-corrected chi connectivity index (χ0v) is 16.1. The Labute approximate surface area is 166 Å². The van der Waals surface area contributed by atoms with Crippen molar-refractivity contribution in [2.45, 2.75) is 19.4 Å². The minimum absolute atomic E-state index is 0.150. The first-order chi connectivity index (χ1) is 12.9. The molecule has 6 rings (SSSR count). The van der Waals surface area contributed by atoms with Crippen molar-refractivity contribution in [3.8, 4) is 0 Å². The van der Waals surface area contributed by atoms with E-state index >= 15 is 0 Å². The normalized spacial score (nSPS) is 36.5. The van der Waals surface area contributed by atoms with Crippen LogP contribution in [0.3, 0.4) is 0 Å². The number of halogens is 2. The number of imide groups is 1. The largest absolute Gasteiger partial charge is 0.324 e. The zero-order chi connectivity index (χ0) is 19.0. The summed E-state index contributed by atoms with van der Waals surface area (Å²) in [4.78, 5) is 40.0. The van der Waals surface area contributed by atoms with Gasteiger partial charge >= 0.3 is 0 Å². The minimum Gasteiger partial charge on any atom is -0.324 e. The molecule has 0 spiro atoms. The SMILES string of the molecule is C[C@H](C(=O)Nc1ccc(Cl)c(Cl)c1)N1C(=O)[C@H]2[C@@H]3C=C[C@H]([C@H]4C[C@H]34)[C@@H]2C1=O. The van der Waals surface area contributed by atoms with E-state index in [9.17, 15) is 14.4 Å². The number of nitrogens with zero attached hydrogens (tertiary/aromatic N) is 1. The summed E-state index contributed by atoms with van der Waals surface area (Å²) in [5.74, 6) is -0.0321. The van der Waals surface area contributed by atoms with Gasteiger partial charge in [-0.1, -0.05) is 35.4 Å². The Kier molecular flexibility index (Phi) is 3.72. The molecule has 3 amide bonds. The van der Waals surface area contributed by atoms with Gasteiger partial charge in [0.2, 0.25) is 17.7 Å². The highest BCUT2D eigenvalue weighted by molar-refractivity contribution is 6.42. The molecule has 1 aliphatic heterocycles. The predicted molar refractivity (Wildman–Crippen MR) is 101 cm³/mol. The molecule has 140 valence electrons. The summed E-state index contributed by atoms with van der Waals surface area (Å²) >= 11 is 11.9. The molecule has 1 aromatic carbocycles. The first-order valence-corrected chi connectivity index (χ1v) is 9.95. The summed E-state index contributed by atoms with van der Waals surface area (Å²) in [6, 6.07) is 3.88. The Hall–Kier alpha value is -1.85. The van der Waals surface area contributed by atoms with Gasteiger partial charge < -0.3 is 5.32 Å². The van der Waals surface area contributed by atoms with Gasteiger partial charge in [-0.05, 0) is 55.2 Å². The first-order valence-electron chi connectivity index (χ1n) is 9.19. The van der Waals surface area contributed by atoms with Crippen molar-refractivity contribution in [3.05, 3.63) is 40.4 Å². The maximum Gasteiger partial charge on any atom is 0.247 e. The van der Waals surface area contributed by atoms with E-state index in [1.807, 2.05) is 0 Å². The highest BCUT2D eigenvalue weighted by atomic mass is 35.5. The number of hydrogen-bond donors (Lipinski definition) is 1. The van der Waals surface area contributed by atoms with Gasteiger partial charge in [-0.2, -0.15) is 0 Å². The van der Waals surface area contributed by atoms with Crippen LogP contribution in [0, 0.1) is 35.5 Å². The van der Waals surface area contributed by atoms with E-state index < -0.39 is 11.9 Å². The molecule has 0 aromatic heterocycles. The molecule has 0 unspecified atom stereocenters. The molecule has 1 saturated heterocycles. The maximum absolute atomic E-state index is 13.1. The van der Waals surface area contributed by atoms with Crippen LogP contribution in [0.1, 0.15) is 13.3 Å². The van der Waals surface area contributed by atoms with E-state index in [0.717, 1.165) is 6.42 Å². The molecular formula is C20H18Cl2N2O3. The fourth-order valence-electron chi connectivity index (χ4n) is 5.30. The molecule has 1 heterocycles. The number of carbonyl (C=O) groups is 3. The summed E-state index contributed by atoms with van der Waals surface area (Å²) in [5, 5.41) is 3.43. The lowest BCUT2D eigenvalue weighted by atomic mass is 9.63. The maximum atomic E-state index is 13.1. The Morgan fingerprint density at radius 2 is 1.67 bits per heavy atom. The molecule has 2 bridgehead atoms. The van der Waals surface area contributed by atoms with Gasteiger partial charge in [-0.25, -0.2) is 0 Å². The topological polar surface area (TPSA) is 66.5 Å². The lowest BCUT2D eigenvalue weighted by molar-refractivity contribution is -0.146. The highest BCUT2D eigenvalue weighted by Gasteiger charge is 2.67. The Morgan fingerprint density at radius 1 is 1.07 bits per heavy atom. The molecular weight excluding hydrogens is 387 g/mol. The van der Waals surface area contributed by atoms with Crippen molar-refractivity contribution in [3.63, 3.8) is 0 Å². The van der Waals surface area contributed by atoms with Crippen LogP contribution in [0.4, 0.5) is 5.69 Å². The van der Waals surface area contributed by atoms with Crippen molar-refractivity contribution in [1.29, 1.82) is 0 Å². The van der Waals surface area contributed by atoms with Crippen LogP contribution in [0.25, 0.3) is 0 Å². The second kappa shape index (κ2) is 5.82. The number of likely N-dealkylation sites (tertiary alicyclic amines) is 1. The van der Waals surface area contributed by atoms with Gasteiger partial charge in [-0.3, -0.25) is 19.3 Å². The number of rotatable bonds is 3. The number of amides is 3. The first kappa shape index (κ1) is 17.3. The fourth-order valence-corrected chi connectivity index (χ4v) is 5.60. The molecule has 2 saturated carbocycles. The summed E-state index contributed by atoms with van der Waals surface area (Å²) < 4.78 is 0. The van der Waals surface area contributed by atoms with Crippen molar-refractivity contribution in [2.75, 3.05) is 5.32 Å². The molecule has 5 aliphatic rings. The van der Waals surface area contributed by atoms with Gasteiger partial charge in [0, 0.05) is 5.69 Å². The molecule has 4 aliphatic carbocycles. The molecule has 7 heteroatoms. The molecule has 1 aromatic rings. The third kappa shape index (κ3) is 2.41. The highest BCUT2D eigenvalue weighted by Crippen LogP contribution is 2.65. The van der Waals surface area contributed by atoms with Crippen molar-refractivity contribution in [1.82, 2.24) is 4.90 Å². The Bertz CT molecular complexity index is 878. The lowest BCUT2D eigenvalue weighted by Gasteiger charge is -2.37. The number of nitrogens with one attached hydrogen (secondary N) is 1. The van der Waals surface area contributed by atoms with E-state index in [-0.39, 0.29) is 35.5 Å². The van der Waals surface area contributed by atoms with Gasteiger partial charge in [0.05, 0.1) is 21.9 Å². The second-order valence-electron chi connectivity index (χ2n) is 8.00. The third-order valence-corrected chi connectivity index (χ3v) is 7.39. The average Bonchev–Trinajstić information content (AvgIpc) is 3.42. The summed E-state index contributed by atoms with van der Waals surface area (Å²) in [5.41, 5.74) is 0.473. The predicted octanol–water partition coefficient (Wildman–Crippen LogP) is 3.37. The number of anilines is 1. The molecule has 27 heavy (non-hydrogen) atoms.